The number of allylic oxidation sites excluding steroid dienone is 3. The van der Waals surface area contributed by atoms with Gasteiger partial charge in [-0.3, -0.25) is 14.5 Å². The molecular weight excluding hydrogens is 599 g/mol. The number of urea groups is 1. The van der Waals surface area contributed by atoms with E-state index in [9.17, 15) is 27.6 Å². The zero-order valence-corrected chi connectivity index (χ0v) is 25.4. The van der Waals surface area contributed by atoms with Crippen molar-refractivity contribution in [1.29, 1.82) is 0 Å². The number of alkyl halides is 3. The number of carbonyl (C=O) groups excluding carboxylic acids is 3. The number of carbonyl (C=O) groups is 3. The minimum absolute atomic E-state index is 0.0119. The number of nitrogens with two attached hydrogens (primary N) is 1. The Balaban J connectivity index is 1.43. The Labute approximate surface area is 264 Å². The van der Waals surface area contributed by atoms with Crippen LogP contribution in [-0.4, -0.2) is 51.1 Å². The van der Waals surface area contributed by atoms with Crippen LogP contribution in [0.25, 0.3) is 5.57 Å². The number of anilines is 1. The van der Waals surface area contributed by atoms with Gasteiger partial charge in [-0.1, -0.05) is 24.8 Å². The van der Waals surface area contributed by atoms with Gasteiger partial charge in [-0.05, 0) is 74.1 Å². The molecule has 1 aromatic heterocycles. The Bertz CT molecular complexity index is 1690. The van der Waals surface area contributed by atoms with Gasteiger partial charge in [0.2, 0.25) is 5.91 Å². The van der Waals surface area contributed by atoms with Crippen molar-refractivity contribution in [3.05, 3.63) is 101 Å². The Morgan fingerprint density at radius 1 is 1.11 bits per heavy atom. The molecule has 13 heteroatoms. The zero-order valence-electron chi connectivity index (χ0n) is 25.4. The number of rotatable bonds is 3. The van der Waals surface area contributed by atoms with Gasteiger partial charge in [-0.2, -0.15) is 13.2 Å². The molecule has 3 heterocycles. The van der Waals surface area contributed by atoms with Crippen molar-refractivity contribution in [2.45, 2.75) is 51.7 Å². The summed E-state index contributed by atoms with van der Waals surface area (Å²) < 4.78 is 39.2. The first kappa shape index (κ1) is 32.2. The van der Waals surface area contributed by atoms with E-state index in [1.54, 1.807) is 30.5 Å². The fraction of sp³-hybridized carbons (Fsp3) is 0.303. The second kappa shape index (κ2) is 13.0. The molecule has 4 amide bonds. The molecule has 0 radical (unpaired) electrons. The monoisotopic (exact) mass is 633 g/mol. The highest BCUT2D eigenvalue weighted by Crippen LogP contribution is 2.39. The molecule has 0 saturated heterocycles. The average Bonchev–Trinajstić information content (AvgIpc) is 3.48. The van der Waals surface area contributed by atoms with Crippen LogP contribution in [0.5, 0.6) is 0 Å². The molecule has 1 aliphatic carbocycles. The number of halogens is 3. The van der Waals surface area contributed by atoms with E-state index in [1.807, 2.05) is 24.0 Å². The molecule has 2 bridgehead atoms. The molecule has 2 aliphatic heterocycles. The van der Waals surface area contributed by atoms with Gasteiger partial charge in [0.15, 0.2) is 0 Å². The smallest absolute Gasteiger partial charge is 0.382 e. The fourth-order valence-corrected chi connectivity index (χ4v) is 5.82. The van der Waals surface area contributed by atoms with Crippen LogP contribution in [0.2, 0.25) is 0 Å². The molecule has 1 saturated carbocycles. The zero-order chi connectivity index (χ0) is 33.2. The van der Waals surface area contributed by atoms with Crippen LogP contribution in [0.1, 0.15) is 61.0 Å². The van der Waals surface area contributed by atoms with Crippen LogP contribution in [0, 0.1) is 5.92 Å². The second-order valence-corrected chi connectivity index (χ2v) is 11.3. The summed E-state index contributed by atoms with van der Waals surface area (Å²) in [6.45, 7) is 7.92. The van der Waals surface area contributed by atoms with E-state index in [2.05, 4.69) is 27.2 Å². The number of amidine groups is 1. The van der Waals surface area contributed by atoms with Crippen molar-refractivity contribution in [1.82, 2.24) is 20.1 Å². The van der Waals surface area contributed by atoms with Gasteiger partial charge in [0.1, 0.15) is 11.7 Å². The molecule has 2 aromatic rings. The lowest BCUT2D eigenvalue weighted by atomic mass is 9.97. The van der Waals surface area contributed by atoms with Crippen molar-refractivity contribution in [3.63, 3.8) is 0 Å². The number of fused-ring (bicyclic) bond motifs is 3. The van der Waals surface area contributed by atoms with Crippen molar-refractivity contribution in [2.24, 2.45) is 16.6 Å². The number of hydrogen-bond acceptors (Lipinski definition) is 7. The number of hydrogen-bond donors (Lipinski definition) is 3. The molecule has 1 aromatic carbocycles. The minimum Gasteiger partial charge on any atom is -0.382 e. The highest BCUT2D eigenvalue weighted by molar-refractivity contribution is 6.06. The Morgan fingerprint density at radius 3 is 2.52 bits per heavy atom. The summed E-state index contributed by atoms with van der Waals surface area (Å²) in [6.07, 6.45) is 4.36. The SMILES string of the molecule is C=C1[C@@H]2CCC(C2)NC(=O)N(C(C)=O)CC/C=C/C2=CN=C(N)/C(=C(/C)c3ccc(C(=O)Nc4cc(C(F)(F)F)ccn4)cc3)N12. The first-order valence-electron chi connectivity index (χ1n) is 14.8. The summed E-state index contributed by atoms with van der Waals surface area (Å²) in [5, 5.41) is 5.41. The number of amides is 4. The van der Waals surface area contributed by atoms with Crippen LogP contribution in [0.3, 0.4) is 0 Å². The van der Waals surface area contributed by atoms with Crippen molar-refractivity contribution in [3.8, 4) is 0 Å². The van der Waals surface area contributed by atoms with Crippen LogP contribution < -0.4 is 16.4 Å². The predicted molar refractivity (Wildman–Crippen MR) is 168 cm³/mol. The summed E-state index contributed by atoms with van der Waals surface area (Å²) in [5.74, 6) is -0.877. The molecule has 0 spiro atoms. The maximum absolute atomic E-state index is 13.1. The van der Waals surface area contributed by atoms with Crippen molar-refractivity contribution in [2.75, 3.05) is 11.9 Å². The molecule has 240 valence electrons. The molecule has 5 rings (SSSR count). The number of benzene rings is 1. The number of imide groups is 1. The van der Waals surface area contributed by atoms with E-state index in [0.29, 0.717) is 18.5 Å². The summed E-state index contributed by atoms with van der Waals surface area (Å²) in [6, 6.07) is 7.65. The standard InChI is InChI=1S/C33H34F3N7O3/c1-19(22-7-9-23(10-8-22)31(45)41-28-17-25(13-14-38-28)33(34,35)36)29-30(37)39-18-27-6-4-5-15-42(21(3)44)32(46)40-26-12-11-24(16-26)20(2)43(27)29/h4,6-10,13-14,17-18,24,26H,2,5,11-12,15-16H2,1,3H3,(H2,37,39)(H,40,46)(H,38,41,45)/b6-4+,29-19+/t24-,26?/m1/s1. The van der Waals surface area contributed by atoms with E-state index < -0.39 is 23.7 Å². The highest BCUT2D eigenvalue weighted by atomic mass is 19.4. The molecule has 1 unspecified atom stereocenters. The van der Waals surface area contributed by atoms with E-state index in [1.165, 1.54) is 11.8 Å². The molecule has 46 heavy (non-hydrogen) atoms. The van der Waals surface area contributed by atoms with Gasteiger partial charge in [0.25, 0.3) is 5.91 Å². The maximum atomic E-state index is 13.1. The summed E-state index contributed by atoms with van der Waals surface area (Å²) in [5.41, 5.74) is 9.40. The molecular formula is C33H34F3N7O3. The Hall–Kier alpha value is -5.20. The predicted octanol–water partition coefficient (Wildman–Crippen LogP) is 5.80. The second-order valence-electron chi connectivity index (χ2n) is 11.3. The van der Waals surface area contributed by atoms with Gasteiger partial charge in [-0.25, -0.2) is 14.8 Å². The third-order valence-corrected chi connectivity index (χ3v) is 8.28. The van der Waals surface area contributed by atoms with Crippen LogP contribution >= 0.6 is 0 Å². The average molecular weight is 634 g/mol. The Morgan fingerprint density at radius 2 is 1.83 bits per heavy atom. The first-order valence-corrected chi connectivity index (χ1v) is 14.8. The number of nitrogens with one attached hydrogen (secondary N) is 2. The number of aliphatic imine (C=N–C) groups is 1. The van der Waals surface area contributed by atoms with Gasteiger partial charge in [-0.15, -0.1) is 0 Å². The first-order chi connectivity index (χ1) is 21.8. The molecule has 1 fully saturated rings. The van der Waals surface area contributed by atoms with E-state index in [0.717, 1.165) is 53.7 Å². The third kappa shape index (κ3) is 6.87. The van der Waals surface area contributed by atoms with E-state index in [-0.39, 0.29) is 41.6 Å². The van der Waals surface area contributed by atoms with E-state index >= 15 is 0 Å². The molecule has 2 atom stereocenters. The van der Waals surface area contributed by atoms with Crippen molar-refractivity contribution >= 4 is 35.1 Å². The lowest BCUT2D eigenvalue weighted by molar-refractivity contribution is -0.137. The molecule has 10 nitrogen and oxygen atoms in total. The summed E-state index contributed by atoms with van der Waals surface area (Å²) >= 11 is 0. The lowest BCUT2D eigenvalue weighted by Gasteiger charge is -2.36. The summed E-state index contributed by atoms with van der Waals surface area (Å²) in [4.78, 5) is 49.3. The molecule has 4 N–H and O–H groups in total. The maximum Gasteiger partial charge on any atom is 0.416 e. The van der Waals surface area contributed by atoms with Gasteiger partial charge >= 0.3 is 12.2 Å². The summed E-state index contributed by atoms with van der Waals surface area (Å²) in [7, 11) is 0. The van der Waals surface area contributed by atoms with Gasteiger partial charge < -0.3 is 21.3 Å². The normalized spacial score (nSPS) is 22.3. The number of pyridine rings is 1. The highest BCUT2D eigenvalue weighted by Gasteiger charge is 2.35. The van der Waals surface area contributed by atoms with Crippen LogP contribution in [0.4, 0.5) is 23.8 Å². The third-order valence-electron chi connectivity index (χ3n) is 8.28. The number of nitrogens with zero attached hydrogens (tertiary/aromatic N) is 4. The minimum atomic E-state index is -4.57. The van der Waals surface area contributed by atoms with Gasteiger partial charge in [0, 0.05) is 42.9 Å². The van der Waals surface area contributed by atoms with Crippen molar-refractivity contribution < 1.29 is 27.6 Å². The Kier molecular flexibility index (Phi) is 9.12. The largest absolute Gasteiger partial charge is 0.416 e. The number of aromatic nitrogens is 1. The quantitative estimate of drug-likeness (QED) is 0.392. The van der Waals surface area contributed by atoms with Crippen LogP contribution in [0.15, 0.2) is 89.6 Å². The van der Waals surface area contributed by atoms with E-state index in [4.69, 9.17) is 5.73 Å². The van der Waals surface area contributed by atoms with Gasteiger partial charge in [0.05, 0.1) is 23.2 Å². The lowest BCUT2D eigenvalue weighted by Crippen LogP contribution is -2.46. The molecule has 3 aliphatic rings. The van der Waals surface area contributed by atoms with Crippen LogP contribution in [-0.2, 0) is 11.0 Å². The fourth-order valence-electron chi connectivity index (χ4n) is 5.82. The topological polar surface area (TPSA) is 133 Å².